The Hall–Kier alpha value is -3.73. The Balaban J connectivity index is 1.43. The van der Waals surface area contributed by atoms with Gasteiger partial charge in [0.15, 0.2) is 10.8 Å². The molecule has 4 rings (SSSR count). The topological polar surface area (TPSA) is 128 Å². The van der Waals surface area contributed by atoms with Gasteiger partial charge in [0, 0.05) is 24.1 Å². The van der Waals surface area contributed by atoms with E-state index >= 15 is 0 Å². The second kappa shape index (κ2) is 6.88. The number of ether oxygens (including phenoxy) is 1. The van der Waals surface area contributed by atoms with Crippen molar-refractivity contribution in [2.75, 3.05) is 4.72 Å². The Morgan fingerprint density at radius 1 is 1.07 bits per heavy atom. The van der Waals surface area contributed by atoms with Crippen molar-refractivity contribution in [3.8, 4) is 17.4 Å². The van der Waals surface area contributed by atoms with E-state index in [4.69, 9.17) is 4.74 Å². The SMILES string of the molecule is O=S(=O)(Nc1ccc(Oc2ccc(-n3cccn3)nn2)cc1)c1cnc[nH]1. The maximum absolute atomic E-state index is 12.1. The molecule has 0 amide bonds. The maximum atomic E-state index is 12.1. The molecule has 2 N–H and O–H groups in total. The van der Waals surface area contributed by atoms with Crippen LogP contribution in [0.2, 0.25) is 0 Å². The van der Waals surface area contributed by atoms with Crippen molar-refractivity contribution in [1.82, 2.24) is 29.9 Å². The summed E-state index contributed by atoms with van der Waals surface area (Å²) >= 11 is 0. The highest BCUT2D eigenvalue weighted by Gasteiger charge is 2.15. The average molecular weight is 383 g/mol. The van der Waals surface area contributed by atoms with Crippen molar-refractivity contribution < 1.29 is 13.2 Å². The third-order valence-corrected chi connectivity index (χ3v) is 4.76. The number of H-pyrrole nitrogens is 1. The molecule has 0 unspecified atom stereocenters. The first kappa shape index (κ1) is 16.7. The van der Waals surface area contributed by atoms with E-state index in [1.807, 2.05) is 0 Å². The lowest BCUT2D eigenvalue weighted by Gasteiger charge is -2.08. The Bertz CT molecular complexity index is 1110. The molecule has 0 aliphatic carbocycles. The van der Waals surface area contributed by atoms with Crippen LogP contribution in [0.1, 0.15) is 0 Å². The van der Waals surface area contributed by atoms with Crippen molar-refractivity contribution in [2.45, 2.75) is 5.03 Å². The largest absolute Gasteiger partial charge is 0.438 e. The summed E-state index contributed by atoms with van der Waals surface area (Å²) in [6, 6.07) is 11.6. The van der Waals surface area contributed by atoms with E-state index in [1.165, 1.54) is 12.5 Å². The van der Waals surface area contributed by atoms with Crippen LogP contribution in [-0.4, -0.2) is 38.4 Å². The number of anilines is 1. The summed E-state index contributed by atoms with van der Waals surface area (Å²) in [4.78, 5) is 6.25. The van der Waals surface area contributed by atoms with Gasteiger partial charge in [-0.05, 0) is 36.4 Å². The fourth-order valence-electron chi connectivity index (χ4n) is 2.21. The van der Waals surface area contributed by atoms with Crippen LogP contribution in [0.25, 0.3) is 5.82 Å². The average Bonchev–Trinajstić information content (AvgIpc) is 3.38. The number of nitrogens with zero attached hydrogens (tertiary/aromatic N) is 5. The van der Waals surface area contributed by atoms with E-state index in [2.05, 4.69) is 30.0 Å². The smallest absolute Gasteiger partial charge is 0.278 e. The van der Waals surface area contributed by atoms with Crippen molar-refractivity contribution in [3.05, 3.63) is 67.4 Å². The normalized spacial score (nSPS) is 11.3. The molecule has 0 spiro atoms. The number of aromatic amines is 1. The number of imidazole rings is 1. The van der Waals surface area contributed by atoms with Gasteiger partial charge in [-0.1, -0.05) is 0 Å². The molecule has 11 heteroatoms. The number of rotatable bonds is 6. The Morgan fingerprint density at radius 3 is 2.56 bits per heavy atom. The van der Waals surface area contributed by atoms with Crippen LogP contribution in [0.5, 0.6) is 11.6 Å². The van der Waals surface area contributed by atoms with E-state index in [0.717, 1.165) is 0 Å². The van der Waals surface area contributed by atoms with Gasteiger partial charge in [-0.3, -0.25) is 4.72 Å². The first-order valence-corrected chi connectivity index (χ1v) is 9.21. The minimum absolute atomic E-state index is 0.0182. The molecule has 3 heterocycles. The standard InChI is InChI=1S/C16H13N7O3S/c24-27(25,16-10-17-11-18-16)22-12-2-4-13(5-3-12)26-15-7-6-14(20-21-15)23-9-1-8-19-23/h1-11,22H,(H,17,18). The number of nitrogens with one attached hydrogen (secondary N) is 2. The Kier molecular flexibility index (Phi) is 4.26. The van der Waals surface area contributed by atoms with Gasteiger partial charge in [0.25, 0.3) is 10.0 Å². The summed E-state index contributed by atoms with van der Waals surface area (Å²) in [5, 5.41) is 12.1. The Labute approximate surface area is 153 Å². The molecule has 0 atom stereocenters. The van der Waals surface area contributed by atoms with Gasteiger partial charge in [0.05, 0.1) is 12.5 Å². The van der Waals surface area contributed by atoms with Crippen molar-refractivity contribution in [3.63, 3.8) is 0 Å². The molecule has 10 nitrogen and oxygen atoms in total. The van der Waals surface area contributed by atoms with Crippen LogP contribution in [-0.2, 0) is 10.0 Å². The van der Waals surface area contributed by atoms with Crippen LogP contribution in [0.15, 0.2) is 72.4 Å². The van der Waals surface area contributed by atoms with Gasteiger partial charge < -0.3 is 9.72 Å². The third kappa shape index (κ3) is 3.77. The molecule has 136 valence electrons. The lowest BCUT2D eigenvalue weighted by atomic mass is 10.3. The molecule has 0 saturated carbocycles. The van der Waals surface area contributed by atoms with E-state index in [9.17, 15) is 8.42 Å². The number of sulfonamides is 1. The fourth-order valence-corrected chi connectivity index (χ4v) is 3.17. The summed E-state index contributed by atoms with van der Waals surface area (Å²) in [7, 11) is -3.71. The summed E-state index contributed by atoms with van der Waals surface area (Å²) in [6.45, 7) is 0. The minimum Gasteiger partial charge on any atom is -0.438 e. The molecule has 0 aliphatic rings. The molecule has 3 aromatic heterocycles. The molecule has 4 aromatic rings. The maximum Gasteiger partial charge on any atom is 0.278 e. The summed E-state index contributed by atoms with van der Waals surface area (Å²) in [6.07, 6.45) is 5.93. The highest BCUT2D eigenvalue weighted by molar-refractivity contribution is 7.92. The predicted octanol–water partition coefficient (Wildman–Crippen LogP) is 1.98. The number of hydrogen-bond acceptors (Lipinski definition) is 7. The zero-order valence-electron chi connectivity index (χ0n) is 13.7. The number of aromatic nitrogens is 6. The predicted molar refractivity (Wildman–Crippen MR) is 95.1 cm³/mol. The molecule has 27 heavy (non-hydrogen) atoms. The van der Waals surface area contributed by atoms with Crippen molar-refractivity contribution in [2.24, 2.45) is 0 Å². The minimum atomic E-state index is -3.71. The van der Waals surface area contributed by atoms with Crippen LogP contribution >= 0.6 is 0 Å². The monoisotopic (exact) mass is 383 g/mol. The lowest BCUT2D eigenvalue weighted by Crippen LogP contribution is -2.13. The first-order chi connectivity index (χ1) is 13.1. The molecule has 0 aliphatic heterocycles. The summed E-state index contributed by atoms with van der Waals surface area (Å²) < 4.78 is 33.9. The number of hydrogen-bond donors (Lipinski definition) is 2. The molecular weight excluding hydrogens is 370 g/mol. The van der Waals surface area contributed by atoms with Gasteiger partial charge in [-0.15, -0.1) is 10.2 Å². The lowest BCUT2D eigenvalue weighted by molar-refractivity contribution is 0.454. The first-order valence-electron chi connectivity index (χ1n) is 7.73. The molecule has 0 bridgehead atoms. The van der Waals surface area contributed by atoms with Gasteiger partial charge in [0.2, 0.25) is 5.88 Å². The second-order valence-corrected chi connectivity index (χ2v) is 6.98. The van der Waals surface area contributed by atoms with Crippen LogP contribution in [0, 0.1) is 0 Å². The van der Waals surface area contributed by atoms with Crippen molar-refractivity contribution in [1.29, 1.82) is 0 Å². The third-order valence-electron chi connectivity index (χ3n) is 3.46. The van der Waals surface area contributed by atoms with Gasteiger partial charge in [0.1, 0.15) is 5.75 Å². The van der Waals surface area contributed by atoms with Crippen LogP contribution in [0.3, 0.4) is 0 Å². The second-order valence-electron chi connectivity index (χ2n) is 5.33. The number of benzene rings is 1. The molecule has 1 aromatic carbocycles. The van der Waals surface area contributed by atoms with Gasteiger partial charge in [-0.25, -0.2) is 9.67 Å². The van der Waals surface area contributed by atoms with Crippen molar-refractivity contribution >= 4 is 15.7 Å². The fraction of sp³-hybridized carbons (Fsp3) is 0. The highest BCUT2D eigenvalue weighted by atomic mass is 32.2. The zero-order valence-corrected chi connectivity index (χ0v) is 14.5. The van der Waals surface area contributed by atoms with E-state index in [-0.39, 0.29) is 5.03 Å². The van der Waals surface area contributed by atoms with E-state index < -0.39 is 10.0 Å². The van der Waals surface area contributed by atoms with Crippen LogP contribution < -0.4 is 9.46 Å². The quantitative estimate of drug-likeness (QED) is 0.521. The van der Waals surface area contributed by atoms with E-state index in [0.29, 0.717) is 23.1 Å². The molecule has 0 radical (unpaired) electrons. The van der Waals surface area contributed by atoms with E-state index in [1.54, 1.807) is 59.5 Å². The molecule has 0 fully saturated rings. The van der Waals surface area contributed by atoms with Gasteiger partial charge in [-0.2, -0.15) is 13.5 Å². The zero-order chi connectivity index (χ0) is 18.7. The van der Waals surface area contributed by atoms with Crippen LogP contribution in [0.4, 0.5) is 5.69 Å². The summed E-state index contributed by atoms with van der Waals surface area (Å²) in [5.41, 5.74) is 0.386. The molecular formula is C16H13N7O3S. The van der Waals surface area contributed by atoms with Gasteiger partial charge >= 0.3 is 0 Å². The molecule has 0 saturated heterocycles. The Morgan fingerprint density at radius 2 is 1.93 bits per heavy atom. The summed E-state index contributed by atoms with van der Waals surface area (Å²) in [5.74, 6) is 1.35. The highest BCUT2D eigenvalue weighted by Crippen LogP contribution is 2.22.